The van der Waals surface area contributed by atoms with Gasteiger partial charge in [-0.05, 0) is 50.5 Å². The lowest BCUT2D eigenvalue weighted by molar-refractivity contribution is 0.505. The van der Waals surface area contributed by atoms with Crippen LogP contribution in [-0.4, -0.2) is 14.8 Å². The Morgan fingerprint density at radius 2 is 2.09 bits per heavy atom. The zero-order valence-electron chi connectivity index (χ0n) is 12.4. The van der Waals surface area contributed by atoms with Crippen molar-refractivity contribution >= 4 is 15.9 Å². The molecule has 0 bridgehead atoms. The molecule has 0 atom stereocenters. The van der Waals surface area contributed by atoms with E-state index in [1.54, 1.807) is 0 Å². The third-order valence-corrected chi connectivity index (χ3v) is 4.41. The van der Waals surface area contributed by atoms with Gasteiger partial charge in [0.15, 0.2) is 0 Å². The van der Waals surface area contributed by atoms with E-state index in [1.165, 1.54) is 0 Å². The maximum atomic E-state index is 5.91. The highest BCUT2D eigenvalue weighted by molar-refractivity contribution is 9.10. The molecule has 1 saturated carbocycles. The molecule has 0 spiro atoms. The van der Waals surface area contributed by atoms with Crippen LogP contribution in [0.5, 0.6) is 0 Å². The first-order valence-corrected chi connectivity index (χ1v) is 8.13. The average molecular weight is 357 g/mol. The van der Waals surface area contributed by atoms with Gasteiger partial charge in [0.2, 0.25) is 5.89 Å². The maximum absolute atomic E-state index is 5.91. The Labute approximate surface area is 137 Å². The first kappa shape index (κ1) is 13.8. The second-order valence-electron chi connectivity index (χ2n) is 5.72. The number of hydrogen-bond donors (Lipinski definition) is 0. The van der Waals surface area contributed by atoms with Crippen LogP contribution in [0.4, 0.5) is 0 Å². The number of nitrogens with zero attached hydrogens (tertiary/aromatic N) is 3. The predicted octanol–water partition coefficient (Wildman–Crippen LogP) is 4.58. The second kappa shape index (κ2) is 5.09. The highest BCUT2D eigenvalue weighted by Gasteiger charge is 2.30. The summed E-state index contributed by atoms with van der Waals surface area (Å²) in [5.41, 5.74) is 4.02. The molecular weight excluding hydrogens is 342 g/mol. The van der Waals surface area contributed by atoms with Crippen molar-refractivity contribution in [3.05, 3.63) is 52.0 Å². The van der Waals surface area contributed by atoms with Crippen LogP contribution < -0.4 is 0 Å². The fourth-order valence-corrected chi connectivity index (χ4v) is 3.13. The standard InChI is InChI=1S/C17H15BrN3O/c1-10-8-11(2)21(14-5-3-4-13(18)9-14)15(10)17-20-19-16(22-17)12-6-7-12/h3-5,9,12H,6-7H2,1-2H3. The van der Waals surface area contributed by atoms with Crippen molar-refractivity contribution in [2.75, 3.05) is 0 Å². The lowest BCUT2D eigenvalue weighted by Crippen LogP contribution is -1.99. The summed E-state index contributed by atoms with van der Waals surface area (Å²) in [5.74, 6) is 1.79. The topological polar surface area (TPSA) is 43.9 Å². The molecule has 0 N–H and O–H groups in total. The minimum Gasteiger partial charge on any atom is -0.419 e. The predicted molar refractivity (Wildman–Crippen MR) is 87.0 cm³/mol. The van der Waals surface area contributed by atoms with Crippen LogP contribution in [0.25, 0.3) is 17.3 Å². The van der Waals surface area contributed by atoms with Gasteiger partial charge in [-0.25, -0.2) is 0 Å². The van der Waals surface area contributed by atoms with Crippen LogP contribution >= 0.6 is 15.9 Å². The number of aryl methyl sites for hydroxylation is 2. The minimum atomic E-state index is 0.459. The Morgan fingerprint density at radius 1 is 1.27 bits per heavy atom. The summed E-state index contributed by atoms with van der Waals surface area (Å²) in [4.78, 5) is 0. The largest absolute Gasteiger partial charge is 0.419 e. The summed E-state index contributed by atoms with van der Waals surface area (Å²) in [6.07, 6.45) is 2.30. The van der Waals surface area contributed by atoms with E-state index in [2.05, 4.69) is 48.9 Å². The molecule has 2 heterocycles. The highest BCUT2D eigenvalue weighted by atomic mass is 79.9. The Balaban J connectivity index is 1.87. The summed E-state index contributed by atoms with van der Waals surface area (Å²) in [7, 11) is 0. The molecule has 1 aliphatic rings. The molecular formula is C17H15BrN3O. The summed E-state index contributed by atoms with van der Waals surface area (Å²) in [6.45, 7) is 4.06. The van der Waals surface area contributed by atoms with Crippen LogP contribution in [0.2, 0.25) is 0 Å². The molecule has 0 unspecified atom stereocenters. The summed E-state index contributed by atoms with van der Waals surface area (Å²) in [5, 5.41) is 8.47. The van der Waals surface area contributed by atoms with E-state index in [1.807, 2.05) is 26.0 Å². The molecule has 5 heteroatoms. The zero-order chi connectivity index (χ0) is 15.3. The van der Waals surface area contributed by atoms with Gasteiger partial charge in [-0.1, -0.05) is 22.0 Å². The van der Waals surface area contributed by atoms with Crippen LogP contribution in [0.1, 0.15) is 35.9 Å². The quantitative estimate of drug-likeness (QED) is 0.689. The van der Waals surface area contributed by atoms with Gasteiger partial charge < -0.3 is 8.98 Å². The lowest BCUT2D eigenvalue weighted by atomic mass is 10.2. The monoisotopic (exact) mass is 356 g/mol. The normalized spacial score (nSPS) is 14.5. The lowest BCUT2D eigenvalue weighted by Gasteiger charge is -2.10. The van der Waals surface area contributed by atoms with Crippen molar-refractivity contribution in [2.24, 2.45) is 0 Å². The Bertz CT molecular complexity index is 845. The van der Waals surface area contributed by atoms with Gasteiger partial charge in [-0.15, -0.1) is 10.2 Å². The van der Waals surface area contributed by atoms with Gasteiger partial charge in [-0.2, -0.15) is 0 Å². The van der Waals surface area contributed by atoms with E-state index < -0.39 is 0 Å². The average Bonchev–Trinajstić information content (AvgIpc) is 3.14. The molecule has 0 amide bonds. The summed E-state index contributed by atoms with van der Waals surface area (Å²) >= 11 is 3.53. The molecule has 4 rings (SSSR count). The maximum Gasteiger partial charge on any atom is 0.264 e. The van der Waals surface area contributed by atoms with Crippen molar-refractivity contribution in [2.45, 2.75) is 32.6 Å². The molecule has 1 radical (unpaired) electrons. The van der Waals surface area contributed by atoms with E-state index in [4.69, 9.17) is 4.42 Å². The summed E-state index contributed by atoms with van der Waals surface area (Å²) in [6, 6.07) is 11.5. The van der Waals surface area contributed by atoms with Crippen LogP contribution in [-0.2, 0) is 0 Å². The minimum absolute atomic E-state index is 0.459. The van der Waals surface area contributed by atoms with Gasteiger partial charge in [0, 0.05) is 27.8 Å². The first-order chi connectivity index (χ1) is 10.6. The van der Waals surface area contributed by atoms with E-state index in [-0.39, 0.29) is 0 Å². The van der Waals surface area contributed by atoms with Crippen LogP contribution in [0.3, 0.4) is 0 Å². The van der Waals surface area contributed by atoms with Gasteiger partial charge in [0.05, 0.1) is 0 Å². The Hall–Kier alpha value is -1.88. The molecule has 1 aliphatic carbocycles. The van der Waals surface area contributed by atoms with Crippen molar-refractivity contribution in [1.82, 2.24) is 14.8 Å². The molecule has 111 valence electrons. The number of rotatable bonds is 3. The fraction of sp³-hybridized carbons (Fsp3) is 0.294. The number of aromatic nitrogens is 3. The smallest absolute Gasteiger partial charge is 0.264 e. The molecule has 0 aliphatic heterocycles. The third kappa shape index (κ3) is 2.29. The third-order valence-electron chi connectivity index (χ3n) is 3.92. The van der Waals surface area contributed by atoms with E-state index >= 15 is 0 Å². The molecule has 1 fully saturated rings. The SMILES string of the molecule is Cc1[c]c(C)n(-c2cccc(Br)c2)c1-c1nnc(C2CC2)o1. The van der Waals surface area contributed by atoms with Gasteiger partial charge >= 0.3 is 0 Å². The van der Waals surface area contributed by atoms with Crippen LogP contribution in [0.15, 0.2) is 33.2 Å². The van der Waals surface area contributed by atoms with Crippen molar-refractivity contribution in [3.8, 4) is 17.3 Å². The molecule has 3 aromatic rings. The number of benzene rings is 1. The second-order valence-corrected chi connectivity index (χ2v) is 6.63. The molecule has 4 nitrogen and oxygen atoms in total. The van der Waals surface area contributed by atoms with Gasteiger partial charge in [0.25, 0.3) is 5.89 Å². The van der Waals surface area contributed by atoms with Gasteiger partial charge in [0.1, 0.15) is 5.69 Å². The number of hydrogen-bond acceptors (Lipinski definition) is 3. The molecule has 22 heavy (non-hydrogen) atoms. The molecule has 0 saturated heterocycles. The van der Waals surface area contributed by atoms with E-state index in [0.29, 0.717) is 11.8 Å². The van der Waals surface area contributed by atoms with Crippen molar-refractivity contribution in [1.29, 1.82) is 0 Å². The van der Waals surface area contributed by atoms with Gasteiger partial charge in [-0.3, -0.25) is 0 Å². The fourth-order valence-electron chi connectivity index (χ4n) is 2.74. The first-order valence-electron chi connectivity index (χ1n) is 7.34. The van der Waals surface area contributed by atoms with Crippen LogP contribution in [0, 0.1) is 19.9 Å². The zero-order valence-corrected chi connectivity index (χ0v) is 14.0. The Kier molecular flexibility index (Phi) is 3.18. The summed E-state index contributed by atoms with van der Waals surface area (Å²) < 4.78 is 9.05. The Morgan fingerprint density at radius 3 is 2.82 bits per heavy atom. The molecule has 2 aromatic heterocycles. The number of halogens is 1. The van der Waals surface area contributed by atoms with Crippen molar-refractivity contribution in [3.63, 3.8) is 0 Å². The molecule has 1 aromatic carbocycles. The van der Waals surface area contributed by atoms with E-state index in [9.17, 15) is 0 Å². The van der Waals surface area contributed by atoms with Crippen molar-refractivity contribution < 1.29 is 4.42 Å². The van der Waals surface area contributed by atoms with E-state index in [0.717, 1.165) is 45.8 Å². The highest BCUT2D eigenvalue weighted by Crippen LogP contribution is 2.40.